The van der Waals surface area contributed by atoms with Crippen LogP contribution < -0.4 is 5.73 Å². The lowest BCUT2D eigenvalue weighted by molar-refractivity contribution is 0.579. The van der Waals surface area contributed by atoms with Crippen LogP contribution in [-0.2, 0) is 17.3 Å². The Morgan fingerprint density at radius 2 is 2.26 bits per heavy atom. The Labute approximate surface area is 118 Å². The first-order chi connectivity index (χ1) is 8.99. The summed E-state index contributed by atoms with van der Waals surface area (Å²) in [4.78, 5) is 0. The summed E-state index contributed by atoms with van der Waals surface area (Å²) < 4.78 is 13.0. The van der Waals surface area contributed by atoms with Crippen molar-refractivity contribution in [3.8, 4) is 11.4 Å². The molecule has 1 aromatic carbocycles. The van der Waals surface area contributed by atoms with E-state index in [-0.39, 0.29) is 5.25 Å². The molecule has 0 bridgehead atoms. The third-order valence-electron chi connectivity index (χ3n) is 2.79. The van der Waals surface area contributed by atoms with E-state index in [1.54, 1.807) is 29.1 Å². The molecule has 2 N–H and O–H groups in total. The molecule has 0 saturated carbocycles. The third-order valence-corrected chi connectivity index (χ3v) is 4.40. The maximum atomic E-state index is 11.4. The summed E-state index contributed by atoms with van der Waals surface area (Å²) in [6.07, 6.45) is 1.66. The van der Waals surface area contributed by atoms with Gasteiger partial charge < -0.3 is 5.73 Å². The molecule has 2 atom stereocenters. The minimum Gasteiger partial charge on any atom is -0.398 e. The van der Waals surface area contributed by atoms with E-state index < -0.39 is 10.8 Å². The van der Waals surface area contributed by atoms with Gasteiger partial charge >= 0.3 is 0 Å². The number of aromatic nitrogens is 4. The highest BCUT2D eigenvalue weighted by Gasteiger charge is 2.14. The molecule has 0 aliphatic rings. The SMILES string of the molecule is CC(Cn1nnnc1-c1ccc(N)c(Cl)c1)S(C)=O. The van der Waals surface area contributed by atoms with E-state index in [0.29, 0.717) is 23.1 Å². The first-order valence-electron chi connectivity index (χ1n) is 5.63. The van der Waals surface area contributed by atoms with Crippen LogP contribution in [0.1, 0.15) is 6.92 Å². The Morgan fingerprint density at radius 1 is 1.53 bits per heavy atom. The molecule has 1 heterocycles. The number of nitrogens with two attached hydrogens (primary N) is 1. The highest BCUT2D eigenvalue weighted by molar-refractivity contribution is 7.84. The van der Waals surface area contributed by atoms with Gasteiger partial charge in [0.25, 0.3) is 0 Å². The Bertz CT molecular complexity index is 615. The zero-order valence-corrected chi connectivity index (χ0v) is 12.1. The van der Waals surface area contributed by atoms with Gasteiger partial charge in [0.15, 0.2) is 5.82 Å². The predicted molar refractivity (Wildman–Crippen MR) is 76.2 cm³/mol. The van der Waals surface area contributed by atoms with E-state index in [1.807, 2.05) is 6.92 Å². The van der Waals surface area contributed by atoms with Gasteiger partial charge in [-0.15, -0.1) is 5.10 Å². The molecular formula is C11H14ClN5OS. The van der Waals surface area contributed by atoms with Crippen molar-refractivity contribution in [2.75, 3.05) is 12.0 Å². The normalized spacial score (nSPS) is 14.3. The number of benzene rings is 1. The predicted octanol–water partition coefficient (Wildman–Crippen LogP) is 1.34. The second-order valence-corrected chi connectivity index (χ2v) is 6.44. The lowest BCUT2D eigenvalue weighted by atomic mass is 10.2. The quantitative estimate of drug-likeness (QED) is 0.861. The number of hydrogen-bond acceptors (Lipinski definition) is 5. The lowest BCUT2D eigenvalue weighted by Gasteiger charge is -2.10. The number of rotatable bonds is 4. The fourth-order valence-corrected chi connectivity index (χ4v) is 2.08. The topological polar surface area (TPSA) is 86.7 Å². The van der Waals surface area contributed by atoms with Crippen LogP contribution in [0.25, 0.3) is 11.4 Å². The highest BCUT2D eigenvalue weighted by Crippen LogP contribution is 2.25. The van der Waals surface area contributed by atoms with Gasteiger partial charge in [0, 0.05) is 22.6 Å². The van der Waals surface area contributed by atoms with Crippen LogP contribution in [0.4, 0.5) is 5.69 Å². The van der Waals surface area contributed by atoms with Crippen LogP contribution in [0.15, 0.2) is 18.2 Å². The molecular weight excluding hydrogens is 286 g/mol. The van der Waals surface area contributed by atoms with Crippen LogP contribution in [0.3, 0.4) is 0 Å². The number of tetrazole rings is 1. The first kappa shape index (κ1) is 14.0. The van der Waals surface area contributed by atoms with Gasteiger partial charge in [-0.25, -0.2) is 4.68 Å². The monoisotopic (exact) mass is 299 g/mol. The Balaban J connectivity index is 2.33. The molecule has 8 heteroatoms. The Kier molecular flexibility index (Phi) is 4.16. The number of nitrogen functional groups attached to an aromatic ring is 1. The van der Waals surface area contributed by atoms with E-state index in [9.17, 15) is 4.21 Å². The first-order valence-corrected chi connectivity index (χ1v) is 7.62. The average molecular weight is 300 g/mol. The van der Waals surface area contributed by atoms with Crippen LogP contribution in [-0.4, -0.2) is 35.9 Å². The molecule has 0 saturated heterocycles. The van der Waals surface area contributed by atoms with Crippen LogP contribution in [0, 0.1) is 0 Å². The van der Waals surface area contributed by atoms with Crippen LogP contribution in [0.2, 0.25) is 5.02 Å². The molecule has 0 aliphatic heterocycles. The summed E-state index contributed by atoms with van der Waals surface area (Å²) in [5.41, 5.74) is 6.95. The summed E-state index contributed by atoms with van der Waals surface area (Å²) in [7, 11) is -0.930. The molecule has 0 spiro atoms. The summed E-state index contributed by atoms with van der Waals surface area (Å²) >= 11 is 5.99. The number of hydrogen-bond donors (Lipinski definition) is 1. The van der Waals surface area contributed by atoms with Crippen LogP contribution in [0.5, 0.6) is 0 Å². The van der Waals surface area contributed by atoms with Gasteiger partial charge in [0.05, 0.1) is 22.5 Å². The van der Waals surface area contributed by atoms with Crippen molar-refractivity contribution >= 4 is 28.1 Å². The standard InChI is InChI=1S/C11H14ClN5OS/c1-7(19(2)18)6-17-11(14-15-16-17)8-3-4-10(13)9(12)5-8/h3-5,7H,6,13H2,1-2H3. The van der Waals surface area contributed by atoms with Crippen molar-refractivity contribution in [1.29, 1.82) is 0 Å². The maximum absolute atomic E-state index is 11.4. The number of nitrogens with zero attached hydrogens (tertiary/aromatic N) is 4. The number of halogens is 1. The second kappa shape index (κ2) is 5.66. The zero-order chi connectivity index (χ0) is 14.0. The highest BCUT2D eigenvalue weighted by atomic mass is 35.5. The Hall–Kier alpha value is -1.47. The fraction of sp³-hybridized carbons (Fsp3) is 0.364. The van der Waals surface area contributed by atoms with Crippen molar-refractivity contribution in [3.05, 3.63) is 23.2 Å². The minimum absolute atomic E-state index is 0.0356. The van der Waals surface area contributed by atoms with E-state index in [2.05, 4.69) is 15.5 Å². The fourth-order valence-electron chi connectivity index (χ4n) is 1.55. The Morgan fingerprint density at radius 3 is 2.89 bits per heavy atom. The molecule has 0 aliphatic carbocycles. The van der Waals surface area contributed by atoms with Crippen molar-refractivity contribution in [3.63, 3.8) is 0 Å². The van der Waals surface area contributed by atoms with Crippen molar-refractivity contribution < 1.29 is 4.21 Å². The van der Waals surface area contributed by atoms with Crippen molar-refractivity contribution in [1.82, 2.24) is 20.2 Å². The molecule has 2 aromatic rings. The van der Waals surface area contributed by atoms with E-state index in [4.69, 9.17) is 17.3 Å². The van der Waals surface area contributed by atoms with Crippen molar-refractivity contribution in [2.45, 2.75) is 18.7 Å². The van der Waals surface area contributed by atoms with Gasteiger partial charge in [0.2, 0.25) is 0 Å². The smallest absolute Gasteiger partial charge is 0.182 e. The number of anilines is 1. The summed E-state index contributed by atoms with van der Waals surface area (Å²) in [5.74, 6) is 0.583. The zero-order valence-electron chi connectivity index (χ0n) is 10.6. The van der Waals surface area contributed by atoms with E-state index in [0.717, 1.165) is 5.56 Å². The molecule has 0 fully saturated rings. The molecule has 2 rings (SSSR count). The molecule has 102 valence electrons. The second-order valence-electron chi connectivity index (χ2n) is 4.23. The minimum atomic E-state index is -0.930. The van der Waals surface area contributed by atoms with Gasteiger partial charge in [-0.05, 0) is 35.5 Å². The summed E-state index contributed by atoms with van der Waals surface area (Å²) in [6.45, 7) is 2.37. The van der Waals surface area contributed by atoms with E-state index >= 15 is 0 Å². The average Bonchev–Trinajstić information content (AvgIpc) is 2.80. The lowest BCUT2D eigenvalue weighted by Crippen LogP contribution is -2.19. The van der Waals surface area contributed by atoms with Crippen molar-refractivity contribution in [2.24, 2.45) is 0 Å². The van der Waals surface area contributed by atoms with E-state index in [1.165, 1.54) is 0 Å². The molecule has 2 unspecified atom stereocenters. The van der Waals surface area contributed by atoms with Gasteiger partial charge in [0.1, 0.15) is 0 Å². The molecule has 1 aromatic heterocycles. The van der Waals surface area contributed by atoms with Gasteiger partial charge in [-0.3, -0.25) is 4.21 Å². The third kappa shape index (κ3) is 3.10. The molecule has 6 nitrogen and oxygen atoms in total. The van der Waals surface area contributed by atoms with Crippen LogP contribution >= 0.6 is 11.6 Å². The van der Waals surface area contributed by atoms with Gasteiger partial charge in [-0.2, -0.15) is 0 Å². The molecule has 0 amide bonds. The maximum Gasteiger partial charge on any atom is 0.182 e. The van der Waals surface area contributed by atoms with Gasteiger partial charge in [-0.1, -0.05) is 11.6 Å². The molecule has 0 radical (unpaired) electrons. The molecule has 19 heavy (non-hydrogen) atoms. The summed E-state index contributed by atoms with van der Waals surface area (Å²) in [5, 5.41) is 12.0. The summed E-state index contributed by atoms with van der Waals surface area (Å²) in [6, 6.07) is 5.22. The largest absolute Gasteiger partial charge is 0.398 e.